The summed E-state index contributed by atoms with van der Waals surface area (Å²) in [6.45, 7) is 1.86. The van der Waals surface area contributed by atoms with Gasteiger partial charge in [-0.2, -0.15) is 0 Å². The quantitative estimate of drug-likeness (QED) is 0.867. The van der Waals surface area contributed by atoms with Crippen molar-refractivity contribution < 1.29 is 14.7 Å². The van der Waals surface area contributed by atoms with Crippen LogP contribution < -0.4 is 5.73 Å². The van der Waals surface area contributed by atoms with Gasteiger partial charge in [0.05, 0.1) is 5.56 Å². The Labute approximate surface area is 111 Å². The molecule has 0 aliphatic rings. The minimum absolute atomic E-state index is 0.331. The van der Waals surface area contributed by atoms with Crippen molar-refractivity contribution in [2.45, 2.75) is 6.92 Å². The van der Waals surface area contributed by atoms with Gasteiger partial charge in [-0.05, 0) is 30.7 Å². The zero-order valence-corrected chi connectivity index (χ0v) is 10.5. The normalized spacial score (nSPS) is 9.11. The highest BCUT2D eigenvalue weighted by Gasteiger charge is 2.00. The molecule has 4 nitrogen and oxygen atoms in total. The maximum absolute atomic E-state index is 10.6. The van der Waals surface area contributed by atoms with E-state index in [2.05, 4.69) is 0 Å². The second-order valence-corrected chi connectivity index (χ2v) is 3.85. The Balaban J connectivity index is 0.000000191. The van der Waals surface area contributed by atoms with Gasteiger partial charge in [0.25, 0.3) is 0 Å². The van der Waals surface area contributed by atoms with E-state index < -0.39 is 5.97 Å². The topological polar surface area (TPSA) is 80.4 Å². The molecule has 2 rings (SSSR count). The minimum atomic E-state index is -0.879. The summed E-state index contributed by atoms with van der Waals surface area (Å²) >= 11 is 0. The lowest BCUT2D eigenvalue weighted by atomic mass is 10.1. The van der Waals surface area contributed by atoms with E-state index in [1.54, 1.807) is 42.5 Å². The van der Waals surface area contributed by atoms with Gasteiger partial charge >= 0.3 is 5.97 Å². The van der Waals surface area contributed by atoms with Gasteiger partial charge in [-0.1, -0.05) is 36.4 Å². The number of nitrogens with two attached hydrogens (primary N) is 1. The van der Waals surface area contributed by atoms with Gasteiger partial charge < -0.3 is 10.8 Å². The molecule has 2 aromatic rings. The number of rotatable bonds is 2. The molecule has 1 amide bonds. The summed E-state index contributed by atoms with van der Waals surface area (Å²) in [5.41, 5.74) is 6.93. The van der Waals surface area contributed by atoms with E-state index in [1.807, 2.05) is 19.1 Å². The predicted molar refractivity (Wildman–Crippen MR) is 73.1 cm³/mol. The van der Waals surface area contributed by atoms with Gasteiger partial charge in [-0.3, -0.25) is 4.79 Å². The maximum Gasteiger partial charge on any atom is 0.335 e. The Kier molecular flexibility index (Phi) is 5.29. The molecule has 0 bridgehead atoms. The fourth-order valence-corrected chi connectivity index (χ4v) is 1.43. The number of carboxylic acids is 1. The van der Waals surface area contributed by atoms with Crippen LogP contribution in [0.15, 0.2) is 54.6 Å². The zero-order valence-electron chi connectivity index (χ0n) is 10.5. The van der Waals surface area contributed by atoms with Crippen LogP contribution >= 0.6 is 0 Å². The standard InChI is InChI=1S/C8H9NO.C7H6O2/c1-6-4-2-3-5-7(6)8(9)10;8-7(9)6-4-2-1-3-5-6/h2-5H,1H3,(H2,9,10);1-5H,(H,8,9). The zero-order chi connectivity index (χ0) is 14.3. The molecule has 98 valence electrons. The first kappa shape index (κ1) is 14.4. The number of aromatic carboxylic acids is 1. The predicted octanol–water partition coefficient (Wildman–Crippen LogP) is 2.48. The smallest absolute Gasteiger partial charge is 0.335 e. The molecule has 0 unspecified atom stereocenters. The summed E-state index contributed by atoms with van der Waals surface area (Å²) in [6.07, 6.45) is 0. The van der Waals surface area contributed by atoms with Gasteiger partial charge in [0.15, 0.2) is 0 Å². The van der Waals surface area contributed by atoms with Crippen LogP contribution in [-0.2, 0) is 0 Å². The van der Waals surface area contributed by atoms with Crippen molar-refractivity contribution in [3.63, 3.8) is 0 Å². The van der Waals surface area contributed by atoms with Crippen molar-refractivity contribution in [3.8, 4) is 0 Å². The van der Waals surface area contributed by atoms with E-state index in [4.69, 9.17) is 10.8 Å². The third kappa shape index (κ3) is 4.63. The van der Waals surface area contributed by atoms with Gasteiger partial charge in [-0.15, -0.1) is 0 Å². The molecular formula is C15H15NO3. The van der Waals surface area contributed by atoms with Crippen LogP contribution in [0.3, 0.4) is 0 Å². The van der Waals surface area contributed by atoms with Crippen molar-refractivity contribution in [2.24, 2.45) is 5.73 Å². The Morgan fingerprint density at radius 3 is 1.84 bits per heavy atom. The number of primary amides is 1. The molecule has 4 heteroatoms. The summed E-state index contributed by atoms with van der Waals surface area (Å²) in [7, 11) is 0. The van der Waals surface area contributed by atoms with Gasteiger partial charge in [-0.25, -0.2) is 4.79 Å². The summed E-state index contributed by atoms with van der Waals surface area (Å²) < 4.78 is 0. The summed E-state index contributed by atoms with van der Waals surface area (Å²) in [5, 5.41) is 8.38. The van der Waals surface area contributed by atoms with Crippen molar-refractivity contribution >= 4 is 11.9 Å². The SMILES string of the molecule is Cc1ccccc1C(N)=O.O=C(O)c1ccccc1. The van der Waals surface area contributed by atoms with Gasteiger partial charge in [0.2, 0.25) is 5.91 Å². The molecule has 19 heavy (non-hydrogen) atoms. The molecule has 0 aliphatic carbocycles. The van der Waals surface area contributed by atoms with Crippen LogP contribution in [0.4, 0.5) is 0 Å². The Morgan fingerprint density at radius 2 is 1.47 bits per heavy atom. The number of carboxylic acid groups (broad SMARTS) is 1. The van der Waals surface area contributed by atoms with Crippen LogP contribution in [0.2, 0.25) is 0 Å². The van der Waals surface area contributed by atoms with E-state index in [1.165, 1.54) is 0 Å². The number of carbonyl (C=O) groups is 2. The fourth-order valence-electron chi connectivity index (χ4n) is 1.43. The molecule has 0 saturated carbocycles. The lowest BCUT2D eigenvalue weighted by molar-refractivity contribution is 0.0696. The van der Waals surface area contributed by atoms with Crippen molar-refractivity contribution in [3.05, 3.63) is 71.3 Å². The molecule has 0 aliphatic heterocycles. The average molecular weight is 257 g/mol. The summed E-state index contributed by atoms with van der Waals surface area (Å²) in [6, 6.07) is 15.6. The highest BCUT2D eigenvalue weighted by Crippen LogP contribution is 2.04. The molecule has 0 saturated heterocycles. The van der Waals surface area contributed by atoms with E-state index in [-0.39, 0.29) is 5.91 Å². The van der Waals surface area contributed by atoms with Crippen molar-refractivity contribution in [1.29, 1.82) is 0 Å². The number of aryl methyl sites for hydroxylation is 1. The van der Waals surface area contributed by atoms with Gasteiger partial charge in [0.1, 0.15) is 0 Å². The minimum Gasteiger partial charge on any atom is -0.478 e. The molecular weight excluding hydrogens is 242 g/mol. The molecule has 2 aromatic carbocycles. The Morgan fingerprint density at radius 1 is 0.947 bits per heavy atom. The van der Waals surface area contributed by atoms with E-state index in [0.29, 0.717) is 11.1 Å². The van der Waals surface area contributed by atoms with Crippen LogP contribution in [0.25, 0.3) is 0 Å². The third-order valence-corrected chi connectivity index (χ3v) is 2.43. The first-order valence-electron chi connectivity index (χ1n) is 5.66. The Bertz CT molecular complexity index is 565. The summed E-state index contributed by atoms with van der Waals surface area (Å²) in [5.74, 6) is -1.24. The second kappa shape index (κ2) is 6.96. The molecule has 0 aromatic heterocycles. The van der Waals surface area contributed by atoms with E-state index in [9.17, 15) is 9.59 Å². The lowest BCUT2D eigenvalue weighted by Gasteiger charge is -1.97. The Hall–Kier alpha value is -2.62. The fraction of sp³-hybridized carbons (Fsp3) is 0.0667. The van der Waals surface area contributed by atoms with Crippen LogP contribution in [0.5, 0.6) is 0 Å². The molecule has 3 N–H and O–H groups in total. The molecule has 0 fully saturated rings. The number of carbonyl (C=O) groups excluding carboxylic acids is 1. The molecule has 0 spiro atoms. The lowest BCUT2D eigenvalue weighted by Crippen LogP contribution is -2.12. The highest BCUT2D eigenvalue weighted by atomic mass is 16.4. The molecule has 0 atom stereocenters. The first-order chi connectivity index (χ1) is 9.02. The maximum atomic E-state index is 10.6. The largest absolute Gasteiger partial charge is 0.478 e. The van der Waals surface area contributed by atoms with Crippen LogP contribution in [0.1, 0.15) is 26.3 Å². The summed E-state index contributed by atoms with van der Waals surface area (Å²) in [4.78, 5) is 20.8. The van der Waals surface area contributed by atoms with E-state index in [0.717, 1.165) is 5.56 Å². The van der Waals surface area contributed by atoms with Gasteiger partial charge in [0, 0.05) is 5.56 Å². The second-order valence-electron chi connectivity index (χ2n) is 3.85. The first-order valence-corrected chi connectivity index (χ1v) is 5.66. The average Bonchev–Trinajstić information content (AvgIpc) is 2.40. The van der Waals surface area contributed by atoms with E-state index >= 15 is 0 Å². The van der Waals surface area contributed by atoms with Crippen molar-refractivity contribution in [2.75, 3.05) is 0 Å². The van der Waals surface area contributed by atoms with Crippen molar-refractivity contribution in [1.82, 2.24) is 0 Å². The molecule has 0 radical (unpaired) electrons. The number of hydrogen-bond donors (Lipinski definition) is 2. The number of hydrogen-bond acceptors (Lipinski definition) is 2. The third-order valence-electron chi connectivity index (χ3n) is 2.43. The number of amides is 1. The number of benzene rings is 2. The molecule has 0 heterocycles. The monoisotopic (exact) mass is 257 g/mol. The van der Waals surface area contributed by atoms with Crippen LogP contribution in [-0.4, -0.2) is 17.0 Å². The highest BCUT2D eigenvalue weighted by molar-refractivity contribution is 5.94. The van der Waals surface area contributed by atoms with Crippen LogP contribution in [0, 0.1) is 6.92 Å².